The number of hydrogen-bond acceptors (Lipinski definition) is 4. The molecule has 2 N–H and O–H groups in total. The number of benzene rings is 1. The fraction of sp³-hybridized carbons (Fsp3) is 0.385. The highest BCUT2D eigenvalue weighted by molar-refractivity contribution is 5.85. The average molecular weight is 266 g/mol. The Morgan fingerprint density at radius 2 is 1.95 bits per heavy atom. The molecular weight excluding hydrogens is 248 g/mol. The van der Waals surface area contributed by atoms with Crippen LogP contribution >= 0.6 is 0 Å². The van der Waals surface area contributed by atoms with Crippen molar-refractivity contribution < 1.29 is 19.1 Å². The molecule has 19 heavy (non-hydrogen) atoms. The molecule has 104 valence electrons. The third-order valence-electron chi connectivity index (χ3n) is 2.29. The predicted octanol–water partition coefficient (Wildman–Crippen LogP) is 0.926. The van der Waals surface area contributed by atoms with Crippen LogP contribution in [0.5, 0.6) is 5.75 Å². The first kappa shape index (κ1) is 15.0. The van der Waals surface area contributed by atoms with Gasteiger partial charge >= 0.3 is 6.09 Å². The molecule has 0 saturated heterocycles. The number of hydrogen-bond donors (Lipinski definition) is 2. The van der Waals surface area contributed by atoms with Crippen molar-refractivity contribution >= 4 is 12.0 Å². The fourth-order valence-corrected chi connectivity index (χ4v) is 1.30. The largest absolute Gasteiger partial charge is 0.413 e. The summed E-state index contributed by atoms with van der Waals surface area (Å²) in [6.07, 6.45) is -0.666. The second-order valence-corrected chi connectivity index (χ2v) is 3.85. The van der Waals surface area contributed by atoms with E-state index in [2.05, 4.69) is 10.6 Å². The molecule has 1 atom stereocenters. The molecule has 0 aliphatic carbocycles. The van der Waals surface area contributed by atoms with Gasteiger partial charge in [0.05, 0.1) is 6.61 Å². The van der Waals surface area contributed by atoms with Crippen LogP contribution in [0.3, 0.4) is 0 Å². The van der Waals surface area contributed by atoms with Crippen LogP contribution in [0.2, 0.25) is 0 Å². The topological polar surface area (TPSA) is 76.7 Å². The Morgan fingerprint density at radius 3 is 2.58 bits per heavy atom. The summed E-state index contributed by atoms with van der Waals surface area (Å²) in [6.45, 7) is 2.40. The van der Waals surface area contributed by atoms with Gasteiger partial charge in [-0.2, -0.15) is 0 Å². The Morgan fingerprint density at radius 1 is 1.26 bits per heavy atom. The van der Waals surface area contributed by atoms with Gasteiger partial charge in [0.15, 0.2) is 0 Å². The standard InChI is InChI=1S/C13H18N2O4/c1-10(12(16)14-8-9-18-2)15-13(17)19-11-6-4-3-5-7-11/h3-7,10H,8-9H2,1-2H3,(H,14,16)(H,15,17)/t10-/m0/s1. The van der Waals surface area contributed by atoms with Gasteiger partial charge in [0.25, 0.3) is 0 Å². The number of nitrogens with one attached hydrogen (secondary N) is 2. The van der Waals surface area contributed by atoms with Gasteiger partial charge in [-0.1, -0.05) is 18.2 Å². The van der Waals surface area contributed by atoms with E-state index in [4.69, 9.17) is 9.47 Å². The van der Waals surface area contributed by atoms with Crippen LogP contribution in [0.1, 0.15) is 6.92 Å². The summed E-state index contributed by atoms with van der Waals surface area (Å²) < 4.78 is 9.81. The number of amides is 2. The van der Waals surface area contributed by atoms with E-state index in [9.17, 15) is 9.59 Å². The van der Waals surface area contributed by atoms with E-state index in [1.165, 1.54) is 0 Å². The first-order valence-electron chi connectivity index (χ1n) is 5.93. The van der Waals surface area contributed by atoms with Crippen molar-refractivity contribution in [3.05, 3.63) is 30.3 Å². The molecule has 0 unspecified atom stereocenters. The predicted molar refractivity (Wildman–Crippen MR) is 69.9 cm³/mol. The molecule has 0 aromatic heterocycles. The van der Waals surface area contributed by atoms with Gasteiger partial charge in [0, 0.05) is 13.7 Å². The minimum Gasteiger partial charge on any atom is -0.410 e. The molecule has 1 rings (SSSR count). The second kappa shape index (κ2) is 8.10. The Balaban J connectivity index is 2.33. The molecule has 6 nitrogen and oxygen atoms in total. The SMILES string of the molecule is COCCNC(=O)[C@H](C)NC(=O)Oc1ccccc1. The summed E-state index contributed by atoms with van der Waals surface area (Å²) >= 11 is 0. The van der Waals surface area contributed by atoms with Gasteiger partial charge in [-0.15, -0.1) is 0 Å². The van der Waals surface area contributed by atoms with Gasteiger partial charge in [-0.3, -0.25) is 4.79 Å². The van der Waals surface area contributed by atoms with E-state index in [1.807, 2.05) is 6.07 Å². The summed E-state index contributed by atoms with van der Waals surface area (Å²) in [5.41, 5.74) is 0. The summed E-state index contributed by atoms with van der Waals surface area (Å²) in [5, 5.41) is 5.06. The van der Waals surface area contributed by atoms with Crippen LogP contribution in [0, 0.1) is 0 Å². The Labute approximate surface area is 112 Å². The number of methoxy groups -OCH3 is 1. The summed E-state index contributed by atoms with van der Waals surface area (Å²) in [4.78, 5) is 23.1. The van der Waals surface area contributed by atoms with E-state index in [1.54, 1.807) is 38.3 Å². The lowest BCUT2D eigenvalue weighted by atomic mass is 10.3. The molecule has 0 heterocycles. The third kappa shape index (κ3) is 5.87. The van der Waals surface area contributed by atoms with Gasteiger partial charge in [-0.05, 0) is 19.1 Å². The van der Waals surface area contributed by atoms with Crippen molar-refractivity contribution in [2.45, 2.75) is 13.0 Å². The van der Waals surface area contributed by atoms with Crippen molar-refractivity contribution in [1.82, 2.24) is 10.6 Å². The lowest BCUT2D eigenvalue weighted by molar-refractivity contribution is -0.122. The second-order valence-electron chi connectivity index (χ2n) is 3.85. The molecule has 2 amide bonds. The van der Waals surface area contributed by atoms with Crippen molar-refractivity contribution in [1.29, 1.82) is 0 Å². The highest BCUT2D eigenvalue weighted by Gasteiger charge is 2.16. The number of rotatable bonds is 6. The Bertz CT molecular complexity index is 408. The first-order valence-corrected chi connectivity index (χ1v) is 5.93. The van der Waals surface area contributed by atoms with E-state index in [0.29, 0.717) is 18.9 Å². The van der Waals surface area contributed by atoms with Crippen molar-refractivity contribution in [3.8, 4) is 5.75 Å². The van der Waals surface area contributed by atoms with Crippen LogP contribution in [-0.2, 0) is 9.53 Å². The quantitative estimate of drug-likeness (QED) is 0.751. The molecule has 1 aromatic rings. The molecule has 0 spiro atoms. The zero-order chi connectivity index (χ0) is 14.1. The Kier molecular flexibility index (Phi) is 6.38. The smallest absolute Gasteiger partial charge is 0.410 e. The highest BCUT2D eigenvalue weighted by atomic mass is 16.6. The van der Waals surface area contributed by atoms with Crippen molar-refractivity contribution in [2.75, 3.05) is 20.3 Å². The summed E-state index contributed by atoms with van der Waals surface area (Å²) in [6, 6.07) is 7.96. The molecule has 0 fully saturated rings. The van der Waals surface area contributed by atoms with Crippen LogP contribution < -0.4 is 15.4 Å². The maximum atomic E-state index is 11.6. The number of ether oxygens (including phenoxy) is 2. The molecule has 6 heteroatoms. The van der Waals surface area contributed by atoms with E-state index >= 15 is 0 Å². The third-order valence-corrected chi connectivity index (χ3v) is 2.29. The van der Waals surface area contributed by atoms with Gasteiger partial charge in [0.1, 0.15) is 11.8 Å². The summed E-state index contributed by atoms with van der Waals surface area (Å²) in [7, 11) is 1.55. The van der Waals surface area contributed by atoms with Crippen LogP contribution in [0.15, 0.2) is 30.3 Å². The molecule has 0 radical (unpaired) electrons. The van der Waals surface area contributed by atoms with Gasteiger partial charge in [0.2, 0.25) is 5.91 Å². The molecule has 0 aliphatic rings. The monoisotopic (exact) mass is 266 g/mol. The maximum absolute atomic E-state index is 11.6. The van der Waals surface area contributed by atoms with E-state index in [0.717, 1.165) is 0 Å². The fourth-order valence-electron chi connectivity index (χ4n) is 1.30. The zero-order valence-electron chi connectivity index (χ0n) is 11.0. The molecule has 0 bridgehead atoms. The van der Waals surface area contributed by atoms with Crippen LogP contribution in [0.25, 0.3) is 0 Å². The van der Waals surface area contributed by atoms with E-state index < -0.39 is 12.1 Å². The number of carbonyl (C=O) groups is 2. The number of para-hydroxylation sites is 1. The number of carbonyl (C=O) groups excluding carboxylic acids is 2. The van der Waals surface area contributed by atoms with Crippen molar-refractivity contribution in [3.63, 3.8) is 0 Å². The lowest BCUT2D eigenvalue weighted by Crippen LogP contribution is -2.46. The van der Waals surface area contributed by atoms with Crippen molar-refractivity contribution in [2.24, 2.45) is 0 Å². The molecule has 0 aliphatic heterocycles. The summed E-state index contributed by atoms with van der Waals surface area (Å²) in [5.74, 6) is 0.133. The minimum atomic E-state index is -0.673. The van der Waals surface area contributed by atoms with E-state index in [-0.39, 0.29) is 5.91 Å². The first-order chi connectivity index (χ1) is 9.13. The van der Waals surface area contributed by atoms with Gasteiger partial charge in [-0.25, -0.2) is 4.79 Å². The average Bonchev–Trinajstić information content (AvgIpc) is 2.39. The normalized spacial score (nSPS) is 11.5. The van der Waals surface area contributed by atoms with Gasteiger partial charge < -0.3 is 20.1 Å². The maximum Gasteiger partial charge on any atom is 0.413 e. The zero-order valence-corrected chi connectivity index (χ0v) is 11.0. The molecular formula is C13H18N2O4. The van der Waals surface area contributed by atoms with Crippen LogP contribution in [0.4, 0.5) is 4.79 Å². The molecule has 1 aromatic carbocycles. The lowest BCUT2D eigenvalue weighted by Gasteiger charge is -2.13. The molecule has 0 saturated carbocycles. The Hall–Kier alpha value is -2.08. The highest BCUT2D eigenvalue weighted by Crippen LogP contribution is 2.08. The minimum absolute atomic E-state index is 0.290. The van der Waals surface area contributed by atoms with Crippen LogP contribution in [-0.4, -0.2) is 38.3 Å².